The van der Waals surface area contributed by atoms with Crippen LogP contribution in [0.1, 0.15) is 19.8 Å². The van der Waals surface area contributed by atoms with Crippen molar-refractivity contribution in [3.63, 3.8) is 0 Å². The Morgan fingerprint density at radius 2 is 2.05 bits per heavy atom. The van der Waals surface area contributed by atoms with E-state index < -0.39 is 34.0 Å². The molecule has 1 fully saturated rings. The van der Waals surface area contributed by atoms with E-state index >= 15 is 0 Å². The van der Waals surface area contributed by atoms with Gasteiger partial charge in [0.2, 0.25) is 0 Å². The first kappa shape index (κ1) is 17.7. The number of rotatable bonds is 5. The summed E-state index contributed by atoms with van der Waals surface area (Å²) in [5, 5.41) is 21.1. The molecule has 0 spiro atoms. The Balaban J connectivity index is 2.58. The van der Waals surface area contributed by atoms with E-state index in [1.165, 1.54) is 4.90 Å². The zero-order valence-electron chi connectivity index (χ0n) is 12.2. The minimum absolute atomic E-state index is 0.0922. The Morgan fingerprint density at radius 1 is 1.43 bits per heavy atom. The molecule has 3 N–H and O–H groups in total. The summed E-state index contributed by atoms with van der Waals surface area (Å²) in [7, 11) is -3.30. The normalized spacial score (nSPS) is 24.4. The number of likely N-dealkylation sites (tertiary alicyclic amines) is 1. The van der Waals surface area contributed by atoms with Gasteiger partial charge in [-0.1, -0.05) is 6.92 Å². The number of amides is 2. The van der Waals surface area contributed by atoms with Gasteiger partial charge >= 0.3 is 12.0 Å². The monoisotopic (exact) mass is 322 g/mol. The van der Waals surface area contributed by atoms with Crippen LogP contribution in [0.3, 0.4) is 0 Å². The second kappa shape index (κ2) is 7.08. The second-order valence-electron chi connectivity index (χ2n) is 5.54. The van der Waals surface area contributed by atoms with Gasteiger partial charge in [0.1, 0.15) is 15.9 Å². The molecule has 0 saturated carbocycles. The van der Waals surface area contributed by atoms with Crippen LogP contribution in [0.15, 0.2) is 0 Å². The number of β-amino-alcohol motifs (C(OH)–C–C–N with tert-alkyl or cyclic N) is 1. The van der Waals surface area contributed by atoms with E-state index in [-0.39, 0.29) is 24.6 Å². The maximum atomic E-state index is 12.0. The molecule has 0 aromatic heterocycles. The molecule has 0 radical (unpaired) electrons. The number of carbonyl (C=O) groups excluding carboxylic acids is 1. The van der Waals surface area contributed by atoms with Crippen LogP contribution in [-0.4, -0.2) is 72.8 Å². The lowest BCUT2D eigenvalue weighted by Crippen LogP contribution is -2.53. The van der Waals surface area contributed by atoms with Crippen molar-refractivity contribution in [3.05, 3.63) is 0 Å². The number of aliphatic hydroxyl groups is 1. The van der Waals surface area contributed by atoms with Gasteiger partial charge in [0.15, 0.2) is 0 Å². The van der Waals surface area contributed by atoms with Gasteiger partial charge in [0.05, 0.1) is 11.9 Å². The topological polar surface area (TPSA) is 124 Å². The van der Waals surface area contributed by atoms with Crippen molar-refractivity contribution in [2.75, 3.05) is 25.1 Å². The van der Waals surface area contributed by atoms with E-state index in [1.807, 2.05) is 6.92 Å². The molecule has 3 unspecified atom stereocenters. The second-order valence-corrected chi connectivity index (χ2v) is 7.80. The zero-order chi connectivity index (χ0) is 16.2. The lowest BCUT2D eigenvalue weighted by molar-refractivity contribution is -0.139. The van der Waals surface area contributed by atoms with Crippen LogP contribution >= 0.6 is 0 Å². The van der Waals surface area contributed by atoms with Crippen molar-refractivity contribution < 1.29 is 28.2 Å². The summed E-state index contributed by atoms with van der Waals surface area (Å²) in [5.41, 5.74) is 0. The molecular formula is C12H22N2O6S. The number of hydrogen-bond acceptors (Lipinski definition) is 5. The third kappa shape index (κ3) is 5.88. The molecule has 8 nitrogen and oxygen atoms in total. The molecule has 0 aromatic carbocycles. The summed E-state index contributed by atoms with van der Waals surface area (Å²) in [5.74, 6) is -1.50. The number of carbonyl (C=O) groups is 2. The molecule has 1 aliphatic heterocycles. The molecule has 1 rings (SSSR count). The highest BCUT2D eigenvalue weighted by molar-refractivity contribution is 7.90. The summed E-state index contributed by atoms with van der Waals surface area (Å²) >= 11 is 0. The average molecular weight is 322 g/mol. The third-order valence-corrected chi connectivity index (χ3v) is 4.56. The van der Waals surface area contributed by atoms with Gasteiger partial charge in [-0.15, -0.1) is 0 Å². The lowest BCUT2D eigenvalue weighted by Gasteiger charge is -2.34. The molecule has 2 amide bonds. The fourth-order valence-corrected chi connectivity index (χ4v) is 2.73. The third-order valence-electron chi connectivity index (χ3n) is 3.58. The van der Waals surface area contributed by atoms with E-state index in [1.54, 1.807) is 0 Å². The fourth-order valence-electron chi connectivity index (χ4n) is 2.06. The predicted octanol–water partition coefficient (Wildman–Crippen LogP) is -0.713. The summed E-state index contributed by atoms with van der Waals surface area (Å²) < 4.78 is 22.2. The van der Waals surface area contributed by atoms with Crippen molar-refractivity contribution in [1.82, 2.24) is 10.2 Å². The minimum Gasteiger partial charge on any atom is -0.480 e. The first-order valence-electron chi connectivity index (χ1n) is 6.74. The van der Waals surface area contributed by atoms with E-state index in [4.69, 9.17) is 5.11 Å². The summed E-state index contributed by atoms with van der Waals surface area (Å²) in [6, 6.07) is -1.86. The number of carboxylic acid groups (broad SMARTS) is 1. The average Bonchev–Trinajstić information content (AvgIpc) is 2.36. The Morgan fingerprint density at radius 3 is 2.52 bits per heavy atom. The van der Waals surface area contributed by atoms with Crippen molar-refractivity contribution in [1.29, 1.82) is 0 Å². The lowest BCUT2D eigenvalue weighted by atomic mass is 9.96. The van der Waals surface area contributed by atoms with Gasteiger partial charge in [-0.05, 0) is 18.8 Å². The molecule has 1 aliphatic rings. The number of aliphatic carboxylic acids is 1. The Kier molecular flexibility index (Phi) is 5.97. The van der Waals surface area contributed by atoms with Crippen molar-refractivity contribution in [2.24, 2.45) is 5.92 Å². The maximum Gasteiger partial charge on any atom is 0.326 e. The van der Waals surface area contributed by atoms with Gasteiger partial charge in [-0.2, -0.15) is 0 Å². The Hall–Kier alpha value is -1.35. The number of sulfone groups is 1. The summed E-state index contributed by atoms with van der Waals surface area (Å²) in [6.07, 6.45) is 0.821. The number of nitrogens with zero attached hydrogens (tertiary/aromatic N) is 1. The number of carboxylic acids is 1. The van der Waals surface area contributed by atoms with Crippen molar-refractivity contribution in [2.45, 2.75) is 31.9 Å². The van der Waals surface area contributed by atoms with E-state index in [9.17, 15) is 23.1 Å². The van der Waals surface area contributed by atoms with Gasteiger partial charge in [-0.25, -0.2) is 18.0 Å². The number of piperidine rings is 1. The molecular weight excluding hydrogens is 300 g/mol. The Bertz CT molecular complexity index is 492. The fraction of sp³-hybridized carbons (Fsp3) is 0.833. The van der Waals surface area contributed by atoms with Crippen LogP contribution in [0.5, 0.6) is 0 Å². The van der Waals surface area contributed by atoms with Crippen LogP contribution in [-0.2, 0) is 14.6 Å². The highest BCUT2D eigenvalue weighted by Gasteiger charge is 2.30. The maximum absolute atomic E-state index is 12.0. The highest BCUT2D eigenvalue weighted by atomic mass is 32.2. The molecule has 0 bridgehead atoms. The van der Waals surface area contributed by atoms with Gasteiger partial charge < -0.3 is 20.4 Å². The molecule has 0 aromatic rings. The molecule has 0 aliphatic carbocycles. The highest BCUT2D eigenvalue weighted by Crippen LogP contribution is 2.17. The first-order chi connectivity index (χ1) is 9.60. The van der Waals surface area contributed by atoms with E-state index in [2.05, 4.69) is 5.32 Å². The smallest absolute Gasteiger partial charge is 0.326 e. The molecule has 9 heteroatoms. The minimum atomic E-state index is -3.30. The van der Waals surface area contributed by atoms with Gasteiger partial charge in [-0.3, -0.25) is 0 Å². The number of hydrogen-bond donors (Lipinski definition) is 3. The summed E-state index contributed by atoms with van der Waals surface area (Å²) in [6.45, 7) is 2.46. The van der Waals surface area contributed by atoms with Crippen LogP contribution in [0.4, 0.5) is 4.79 Å². The largest absolute Gasteiger partial charge is 0.480 e. The molecule has 21 heavy (non-hydrogen) atoms. The number of aliphatic hydroxyl groups excluding tert-OH is 1. The van der Waals surface area contributed by atoms with Crippen molar-refractivity contribution in [3.8, 4) is 0 Å². The standard InChI is InChI=1S/C12H22N2O6S/c1-8-3-5-14(7-10(8)15)12(18)13-9(11(16)17)4-6-21(2,19)20/h8-10,15H,3-7H2,1-2H3,(H,13,18)(H,16,17). The van der Waals surface area contributed by atoms with Crippen LogP contribution in [0, 0.1) is 5.92 Å². The molecule has 1 saturated heterocycles. The van der Waals surface area contributed by atoms with E-state index in [0.29, 0.717) is 13.0 Å². The van der Waals surface area contributed by atoms with E-state index in [0.717, 1.165) is 6.26 Å². The van der Waals surface area contributed by atoms with Gasteiger partial charge in [0.25, 0.3) is 0 Å². The van der Waals surface area contributed by atoms with Gasteiger partial charge in [0, 0.05) is 19.3 Å². The number of nitrogens with one attached hydrogen (secondary N) is 1. The Labute approximate surface area is 124 Å². The van der Waals surface area contributed by atoms with Crippen LogP contribution in [0.2, 0.25) is 0 Å². The molecule has 122 valence electrons. The quantitative estimate of drug-likeness (QED) is 0.614. The van der Waals surface area contributed by atoms with Crippen molar-refractivity contribution >= 4 is 21.8 Å². The summed E-state index contributed by atoms with van der Waals surface area (Å²) in [4.78, 5) is 24.4. The molecule has 3 atom stereocenters. The number of urea groups is 1. The first-order valence-corrected chi connectivity index (χ1v) is 8.80. The predicted molar refractivity (Wildman–Crippen MR) is 75.6 cm³/mol. The molecule has 1 heterocycles. The van der Waals surface area contributed by atoms with Crippen LogP contribution in [0.25, 0.3) is 0 Å². The van der Waals surface area contributed by atoms with Crippen LogP contribution < -0.4 is 5.32 Å². The zero-order valence-corrected chi connectivity index (χ0v) is 13.0. The SMILES string of the molecule is CC1CCN(C(=O)NC(CCS(C)(=O)=O)C(=O)O)CC1O.